The molecule has 1 atom stereocenters. The minimum atomic E-state index is -0.433. The highest BCUT2D eigenvalue weighted by atomic mass is 16.2. The molecule has 1 unspecified atom stereocenters. The zero-order valence-electron chi connectivity index (χ0n) is 19.0. The molecular formula is C27H31N3O3. The van der Waals surface area contributed by atoms with Crippen LogP contribution in [-0.2, 0) is 11.3 Å². The van der Waals surface area contributed by atoms with E-state index in [1.807, 2.05) is 42.5 Å². The smallest absolute Gasteiger partial charge is 0.256 e. The molecule has 2 aromatic carbocycles. The lowest BCUT2D eigenvalue weighted by Crippen LogP contribution is -2.44. The van der Waals surface area contributed by atoms with Gasteiger partial charge in [0.2, 0.25) is 5.91 Å². The Hall–Kier alpha value is -3.15. The van der Waals surface area contributed by atoms with Gasteiger partial charge in [-0.15, -0.1) is 0 Å². The third kappa shape index (κ3) is 4.26. The number of rotatable bonds is 4. The summed E-state index contributed by atoms with van der Waals surface area (Å²) < 4.78 is 0. The van der Waals surface area contributed by atoms with E-state index in [-0.39, 0.29) is 30.3 Å². The summed E-state index contributed by atoms with van der Waals surface area (Å²) in [5.74, 6) is -0.222. The molecule has 33 heavy (non-hydrogen) atoms. The molecule has 3 aliphatic rings. The molecule has 5 rings (SSSR count). The van der Waals surface area contributed by atoms with Gasteiger partial charge in [0.05, 0.1) is 17.8 Å². The van der Waals surface area contributed by atoms with Crippen LogP contribution in [0.25, 0.3) is 0 Å². The van der Waals surface area contributed by atoms with Crippen molar-refractivity contribution in [1.29, 1.82) is 0 Å². The van der Waals surface area contributed by atoms with Crippen LogP contribution in [-0.4, -0.2) is 41.2 Å². The number of carbonyl (C=O) groups is 3. The molecule has 0 spiro atoms. The van der Waals surface area contributed by atoms with Gasteiger partial charge in [-0.2, -0.15) is 0 Å². The normalized spacial score (nSPS) is 21.3. The van der Waals surface area contributed by atoms with Crippen LogP contribution >= 0.6 is 0 Å². The number of anilines is 1. The van der Waals surface area contributed by atoms with Crippen LogP contribution < -0.4 is 10.2 Å². The average Bonchev–Trinajstić information content (AvgIpc) is 3.16. The zero-order valence-corrected chi connectivity index (χ0v) is 19.0. The lowest BCUT2D eigenvalue weighted by atomic mass is 10.0. The first-order valence-electron chi connectivity index (χ1n) is 12.2. The molecule has 1 aliphatic carbocycles. The predicted molar refractivity (Wildman–Crippen MR) is 127 cm³/mol. The Morgan fingerprint density at radius 3 is 2.42 bits per heavy atom. The van der Waals surface area contributed by atoms with Crippen molar-refractivity contribution in [2.75, 3.05) is 11.4 Å². The standard InChI is InChI=1S/C27H31N3O3/c31-25(28-20-11-3-1-2-4-12-20)21-13-6-5-10-19(21)18-30-23-15-8-7-14-22(23)26(32)29-17-9-16-24(29)27(30)33/h5-8,10,13-15,20,24H,1-4,9,11-12,16-18H2,(H,28,31). The van der Waals surface area contributed by atoms with Crippen LogP contribution in [0.5, 0.6) is 0 Å². The molecule has 3 amide bonds. The average molecular weight is 446 g/mol. The van der Waals surface area contributed by atoms with Gasteiger partial charge in [0.15, 0.2) is 0 Å². The van der Waals surface area contributed by atoms with Crippen LogP contribution in [0.4, 0.5) is 5.69 Å². The Labute approximate surface area is 194 Å². The van der Waals surface area contributed by atoms with E-state index in [2.05, 4.69) is 5.32 Å². The summed E-state index contributed by atoms with van der Waals surface area (Å²) in [5, 5.41) is 3.23. The summed E-state index contributed by atoms with van der Waals surface area (Å²) in [6.45, 7) is 0.875. The molecule has 0 radical (unpaired) electrons. The minimum absolute atomic E-state index is 0.0650. The second-order valence-corrected chi connectivity index (χ2v) is 9.42. The molecule has 6 heteroatoms. The highest BCUT2D eigenvalue weighted by molar-refractivity contribution is 6.11. The lowest BCUT2D eigenvalue weighted by Gasteiger charge is -2.27. The quantitative estimate of drug-likeness (QED) is 0.714. The van der Waals surface area contributed by atoms with E-state index in [1.54, 1.807) is 15.9 Å². The summed E-state index contributed by atoms with van der Waals surface area (Å²) in [6, 6.07) is 14.6. The van der Waals surface area contributed by atoms with Crippen molar-refractivity contribution in [3.8, 4) is 0 Å². The number of fused-ring (bicyclic) bond motifs is 2. The van der Waals surface area contributed by atoms with Crippen molar-refractivity contribution in [2.24, 2.45) is 0 Å². The highest BCUT2D eigenvalue weighted by Crippen LogP contribution is 2.33. The van der Waals surface area contributed by atoms with E-state index in [9.17, 15) is 14.4 Å². The second-order valence-electron chi connectivity index (χ2n) is 9.42. The van der Waals surface area contributed by atoms with Crippen molar-refractivity contribution < 1.29 is 14.4 Å². The Kier molecular flexibility index (Phi) is 6.16. The molecule has 6 nitrogen and oxygen atoms in total. The van der Waals surface area contributed by atoms with E-state index in [4.69, 9.17) is 0 Å². The van der Waals surface area contributed by atoms with Gasteiger partial charge in [-0.3, -0.25) is 14.4 Å². The first-order chi connectivity index (χ1) is 16.1. The number of amides is 3. The molecule has 2 aliphatic heterocycles. The summed E-state index contributed by atoms with van der Waals surface area (Å²) in [6.07, 6.45) is 8.32. The number of nitrogens with zero attached hydrogens (tertiary/aromatic N) is 2. The van der Waals surface area contributed by atoms with Crippen molar-refractivity contribution in [3.63, 3.8) is 0 Å². The second kappa shape index (κ2) is 9.38. The van der Waals surface area contributed by atoms with Gasteiger partial charge in [-0.05, 0) is 49.4 Å². The highest BCUT2D eigenvalue weighted by Gasteiger charge is 2.42. The van der Waals surface area contributed by atoms with E-state index in [0.717, 1.165) is 37.7 Å². The van der Waals surface area contributed by atoms with E-state index < -0.39 is 6.04 Å². The van der Waals surface area contributed by atoms with Crippen molar-refractivity contribution in [2.45, 2.75) is 70.0 Å². The molecule has 1 saturated carbocycles. The number of para-hydroxylation sites is 1. The minimum Gasteiger partial charge on any atom is -0.349 e. The summed E-state index contributed by atoms with van der Waals surface area (Å²) >= 11 is 0. The van der Waals surface area contributed by atoms with E-state index >= 15 is 0 Å². The van der Waals surface area contributed by atoms with Crippen molar-refractivity contribution in [3.05, 3.63) is 65.2 Å². The fourth-order valence-electron chi connectivity index (χ4n) is 5.51. The molecule has 2 aromatic rings. The topological polar surface area (TPSA) is 69.7 Å². The van der Waals surface area contributed by atoms with Gasteiger partial charge in [0.1, 0.15) is 6.04 Å². The molecule has 1 saturated heterocycles. The largest absolute Gasteiger partial charge is 0.349 e. The molecule has 2 heterocycles. The molecule has 0 aromatic heterocycles. The van der Waals surface area contributed by atoms with Crippen LogP contribution in [0.1, 0.15) is 77.6 Å². The first-order valence-corrected chi connectivity index (χ1v) is 12.2. The Morgan fingerprint density at radius 1 is 0.879 bits per heavy atom. The lowest BCUT2D eigenvalue weighted by molar-refractivity contribution is -0.122. The van der Waals surface area contributed by atoms with E-state index in [0.29, 0.717) is 29.8 Å². The van der Waals surface area contributed by atoms with Gasteiger partial charge in [0, 0.05) is 18.2 Å². The van der Waals surface area contributed by atoms with Gasteiger partial charge in [0.25, 0.3) is 11.8 Å². The third-order valence-electron chi connectivity index (χ3n) is 7.27. The Bertz CT molecular complexity index is 1060. The fourth-order valence-corrected chi connectivity index (χ4v) is 5.51. The molecular weight excluding hydrogens is 414 g/mol. The number of benzene rings is 2. The summed E-state index contributed by atoms with van der Waals surface area (Å²) in [7, 11) is 0. The van der Waals surface area contributed by atoms with Gasteiger partial charge < -0.3 is 15.1 Å². The first kappa shape index (κ1) is 21.7. The number of hydrogen-bond acceptors (Lipinski definition) is 3. The third-order valence-corrected chi connectivity index (χ3v) is 7.27. The summed E-state index contributed by atoms with van der Waals surface area (Å²) in [4.78, 5) is 43.4. The summed E-state index contributed by atoms with van der Waals surface area (Å²) in [5.41, 5.74) is 2.58. The van der Waals surface area contributed by atoms with Crippen LogP contribution in [0.2, 0.25) is 0 Å². The van der Waals surface area contributed by atoms with Crippen LogP contribution in [0.15, 0.2) is 48.5 Å². The fraction of sp³-hybridized carbons (Fsp3) is 0.444. The molecule has 0 bridgehead atoms. The molecule has 1 N–H and O–H groups in total. The monoisotopic (exact) mass is 445 g/mol. The Morgan fingerprint density at radius 2 is 1.61 bits per heavy atom. The van der Waals surface area contributed by atoms with Gasteiger partial charge in [-0.1, -0.05) is 56.0 Å². The van der Waals surface area contributed by atoms with Crippen LogP contribution in [0, 0.1) is 0 Å². The van der Waals surface area contributed by atoms with Crippen molar-refractivity contribution >= 4 is 23.4 Å². The van der Waals surface area contributed by atoms with Gasteiger partial charge in [-0.25, -0.2) is 0 Å². The van der Waals surface area contributed by atoms with E-state index in [1.165, 1.54) is 12.8 Å². The SMILES string of the molecule is O=C(NC1CCCCCC1)c1ccccc1CN1C(=O)C2CCCN2C(=O)c2ccccc21. The zero-order chi connectivity index (χ0) is 22.8. The van der Waals surface area contributed by atoms with Gasteiger partial charge >= 0.3 is 0 Å². The molecule has 172 valence electrons. The maximum Gasteiger partial charge on any atom is 0.256 e. The maximum atomic E-state index is 13.6. The number of nitrogens with one attached hydrogen (secondary N) is 1. The molecule has 2 fully saturated rings. The predicted octanol–water partition coefficient (Wildman–Crippen LogP) is 4.29. The maximum absolute atomic E-state index is 13.6. The van der Waals surface area contributed by atoms with Crippen LogP contribution in [0.3, 0.4) is 0 Å². The number of hydrogen-bond donors (Lipinski definition) is 1. The Balaban J connectivity index is 1.45. The van der Waals surface area contributed by atoms with Crippen molar-refractivity contribution in [1.82, 2.24) is 10.2 Å². The number of carbonyl (C=O) groups excluding carboxylic acids is 3.